The van der Waals surface area contributed by atoms with E-state index in [9.17, 15) is 9.90 Å². The number of fused-ring (bicyclic) bond motifs is 1. The molecule has 2 aromatic rings. The van der Waals surface area contributed by atoms with Gasteiger partial charge in [0.25, 0.3) is 0 Å². The van der Waals surface area contributed by atoms with Crippen molar-refractivity contribution in [2.45, 2.75) is 25.5 Å². The first-order valence-corrected chi connectivity index (χ1v) is 7.80. The third kappa shape index (κ3) is 3.46. The lowest BCUT2D eigenvalue weighted by Crippen LogP contribution is -2.37. The highest BCUT2D eigenvalue weighted by Crippen LogP contribution is 2.20. The van der Waals surface area contributed by atoms with Crippen LogP contribution in [0.15, 0.2) is 42.5 Å². The van der Waals surface area contributed by atoms with Gasteiger partial charge < -0.3 is 10.4 Å². The first kappa shape index (κ1) is 15.0. The third-order valence-corrected chi connectivity index (χ3v) is 4.27. The molecule has 1 heterocycles. The van der Waals surface area contributed by atoms with Crippen molar-refractivity contribution in [3.05, 3.63) is 48.0 Å². The highest BCUT2D eigenvalue weighted by atomic mass is 16.3. The molecule has 2 aromatic carbocycles. The molecule has 2 atom stereocenters. The Morgan fingerprint density at radius 2 is 2.09 bits per heavy atom. The largest absolute Gasteiger partial charge is 0.392 e. The molecule has 0 bridgehead atoms. The van der Waals surface area contributed by atoms with Crippen LogP contribution < -0.4 is 5.32 Å². The second kappa shape index (κ2) is 6.46. The summed E-state index contributed by atoms with van der Waals surface area (Å²) in [6, 6.07) is 14.5. The van der Waals surface area contributed by atoms with Crippen molar-refractivity contribution in [3.8, 4) is 0 Å². The summed E-state index contributed by atoms with van der Waals surface area (Å²) in [6.45, 7) is 3.74. The average molecular weight is 298 g/mol. The Balaban J connectivity index is 1.62. The van der Waals surface area contributed by atoms with Crippen LogP contribution in [-0.2, 0) is 4.79 Å². The van der Waals surface area contributed by atoms with E-state index >= 15 is 0 Å². The van der Waals surface area contributed by atoms with E-state index < -0.39 is 0 Å². The van der Waals surface area contributed by atoms with Crippen LogP contribution in [0.25, 0.3) is 10.8 Å². The van der Waals surface area contributed by atoms with E-state index in [1.165, 1.54) is 10.8 Å². The maximum absolute atomic E-state index is 12.1. The van der Waals surface area contributed by atoms with Gasteiger partial charge in [0.2, 0.25) is 5.91 Å². The number of rotatable bonds is 4. The summed E-state index contributed by atoms with van der Waals surface area (Å²) in [7, 11) is 0. The van der Waals surface area contributed by atoms with Gasteiger partial charge >= 0.3 is 0 Å². The van der Waals surface area contributed by atoms with Crippen LogP contribution in [0.4, 0.5) is 0 Å². The maximum atomic E-state index is 12.1. The van der Waals surface area contributed by atoms with Gasteiger partial charge in [0.05, 0.1) is 18.7 Å². The van der Waals surface area contributed by atoms with Crippen LogP contribution in [0.5, 0.6) is 0 Å². The Morgan fingerprint density at radius 1 is 1.32 bits per heavy atom. The molecular weight excluding hydrogens is 276 g/mol. The lowest BCUT2D eigenvalue weighted by Gasteiger charge is -2.18. The van der Waals surface area contributed by atoms with Gasteiger partial charge in [0, 0.05) is 13.1 Å². The number of aliphatic hydroxyl groups is 1. The molecule has 4 nitrogen and oxygen atoms in total. The second-order valence-electron chi connectivity index (χ2n) is 6.07. The number of likely N-dealkylation sites (tertiary alicyclic amines) is 1. The first-order valence-electron chi connectivity index (χ1n) is 7.80. The number of carbonyl (C=O) groups is 1. The van der Waals surface area contributed by atoms with Gasteiger partial charge in [-0.05, 0) is 35.7 Å². The normalized spacial score (nSPS) is 20.2. The van der Waals surface area contributed by atoms with Crippen molar-refractivity contribution in [3.63, 3.8) is 0 Å². The van der Waals surface area contributed by atoms with E-state index in [4.69, 9.17) is 0 Å². The minimum absolute atomic E-state index is 0.00904. The number of benzene rings is 2. The summed E-state index contributed by atoms with van der Waals surface area (Å²) in [5.41, 5.74) is 1.11. The van der Waals surface area contributed by atoms with Gasteiger partial charge in [-0.15, -0.1) is 0 Å². The minimum Gasteiger partial charge on any atom is -0.392 e. The fraction of sp³-hybridized carbons (Fsp3) is 0.389. The number of hydrogen-bond donors (Lipinski definition) is 2. The van der Waals surface area contributed by atoms with Crippen molar-refractivity contribution < 1.29 is 9.90 Å². The smallest absolute Gasteiger partial charge is 0.234 e. The zero-order chi connectivity index (χ0) is 15.5. The summed E-state index contributed by atoms with van der Waals surface area (Å²) < 4.78 is 0. The first-order chi connectivity index (χ1) is 10.6. The molecule has 1 unspecified atom stereocenters. The Hall–Kier alpha value is -1.91. The van der Waals surface area contributed by atoms with E-state index in [2.05, 4.69) is 35.6 Å². The van der Waals surface area contributed by atoms with Gasteiger partial charge in [0.1, 0.15) is 0 Å². The average Bonchev–Trinajstić information content (AvgIpc) is 2.91. The predicted molar refractivity (Wildman–Crippen MR) is 87.6 cm³/mol. The molecule has 0 radical (unpaired) electrons. The number of β-amino-alcohol motifs (C(OH)–C–C–N with tert-alkyl or cyclic N) is 1. The van der Waals surface area contributed by atoms with E-state index in [-0.39, 0.29) is 18.1 Å². The van der Waals surface area contributed by atoms with Crippen LogP contribution >= 0.6 is 0 Å². The zero-order valence-electron chi connectivity index (χ0n) is 12.8. The van der Waals surface area contributed by atoms with E-state index in [0.717, 1.165) is 18.5 Å². The molecule has 1 saturated heterocycles. The Morgan fingerprint density at radius 3 is 2.82 bits per heavy atom. The lowest BCUT2D eigenvalue weighted by molar-refractivity contribution is -0.122. The van der Waals surface area contributed by atoms with Gasteiger partial charge in [0.15, 0.2) is 0 Å². The van der Waals surface area contributed by atoms with Crippen LogP contribution in [0.2, 0.25) is 0 Å². The zero-order valence-corrected chi connectivity index (χ0v) is 12.8. The fourth-order valence-electron chi connectivity index (χ4n) is 3.01. The van der Waals surface area contributed by atoms with E-state index in [1.54, 1.807) is 0 Å². The Kier molecular flexibility index (Phi) is 4.41. The molecule has 1 aliphatic heterocycles. The van der Waals surface area contributed by atoms with Crippen molar-refractivity contribution in [2.24, 2.45) is 0 Å². The summed E-state index contributed by atoms with van der Waals surface area (Å²) in [5, 5.41) is 14.9. The Labute approximate surface area is 130 Å². The highest BCUT2D eigenvalue weighted by molar-refractivity contribution is 5.83. The Bertz CT molecular complexity index is 671. The van der Waals surface area contributed by atoms with Crippen LogP contribution in [0.1, 0.15) is 24.9 Å². The summed E-state index contributed by atoms with van der Waals surface area (Å²) in [6.07, 6.45) is 0.471. The minimum atomic E-state index is -0.286. The fourth-order valence-corrected chi connectivity index (χ4v) is 3.01. The molecule has 0 saturated carbocycles. The number of amides is 1. The van der Waals surface area contributed by atoms with Gasteiger partial charge in [-0.25, -0.2) is 0 Å². The predicted octanol–water partition coefficient (Wildman–Crippen LogP) is 2.08. The van der Waals surface area contributed by atoms with E-state index in [1.807, 2.05) is 24.0 Å². The number of hydrogen-bond acceptors (Lipinski definition) is 3. The van der Waals surface area contributed by atoms with Crippen molar-refractivity contribution >= 4 is 16.7 Å². The third-order valence-electron chi connectivity index (χ3n) is 4.27. The topological polar surface area (TPSA) is 52.6 Å². The summed E-state index contributed by atoms with van der Waals surface area (Å²) in [5.74, 6) is 0.00904. The standard InChI is InChI=1S/C18H22N2O2/c1-13(19-18(22)12-20-9-8-17(21)11-20)15-7-6-14-4-2-3-5-16(14)10-15/h2-7,10,13,17,21H,8-9,11-12H2,1H3,(H,19,22)/t13?,17-/m0/s1. The molecule has 116 valence electrons. The van der Waals surface area contributed by atoms with Crippen LogP contribution in [-0.4, -0.2) is 41.7 Å². The van der Waals surface area contributed by atoms with Crippen LogP contribution in [0.3, 0.4) is 0 Å². The molecule has 0 spiro atoms. The van der Waals surface area contributed by atoms with Crippen LogP contribution in [0, 0.1) is 0 Å². The summed E-state index contributed by atoms with van der Waals surface area (Å²) >= 11 is 0. The number of nitrogens with one attached hydrogen (secondary N) is 1. The quantitative estimate of drug-likeness (QED) is 0.908. The molecular formula is C18H22N2O2. The molecule has 22 heavy (non-hydrogen) atoms. The molecule has 3 rings (SSSR count). The van der Waals surface area contributed by atoms with E-state index in [0.29, 0.717) is 13.1 Å². The van der Waals surface area contributed by atoms with Crippen molar-refractivity contribution in [1.82, 2.24) is 10.2 Å². The summed E-state index contributed by atoms with van der Waals surface area (Å²) in [4.78, 5) is 14.1. The molecule has 1 fully saturated rings. The SMILES string of the molecule is CC(NC(=O)CN1CC[C@H](O)C1)c1ccc2ccccc2c1. The lowest BCUT2D eigenvalue weighted by atomic mass is 10.0. The second-order valence-corrected chi connectivity index (χ2v) is 6.07. The molecule has 1 amide bonds. The van der Waals surface area contributed by atoms with Gasteiger partial charge in [-0.2, -0.15) is 0 Å². The van der Waals surface area contributed by atoms with Gasteiger partial charge in [-0.3, -0.25) is 9.69 Å². The highest BCUT2D eigenvalue weighted by Gasteiger charge is 2.22. The van der Waals surface area contributed by atoms with Crippen molar-refractivity contribution in [1.29, 1.82) is 0 Å². The number of aliphatic hydroxyl groups excluding tert-OH is 1. The number of nitrogens with zero attached hydrogens (tertiary/aromatic N) is 1. The monoisotopic (exact) mass is 298 g/mol. The maximum Gasteiger partial charge on any atom is 0.234 e. The molecule has 0 aromatic heterocycles. The molecule has 2 N–H and O–H groups in total. The molecule has 1 aliphatic rings. The number of carbonyl (C=O) groups excluding carboxylic acids is 1. The molecule has 0 aliphatic carbocycles. The van der Waals surface area contributed by atoms with Gasteiger partial charge in [-0.1, -0.05) is 36.4 Å². The molecule has 4 heteroatoms. The van der Waals surface area contributed by atoms with Crippen molar-refractivity contribution in [2.75, 3.05) is 19.6 Å².